The first-order chi connectivity index (χ1) is 8.38. The molecule has 1 atom stereocenters. The Morgan fingerprint density at radius 1 is 1.53 bits per heavy atom. The lowest BCUT2D eigenvalue weighted by Crippen LogP contribution is -2.31. The standard InChI is InChI=1S/C12H20N4O/c1-2-17-11-6-8-14-12(16-11)15-10-5-3-4-7-13-9-10/h6,8,10,13H,2-5,7,9H2,1H3,(H,14,15,16). The van der Waals surface area contributed by atoms with E-state index in [0.717, 1.165) is 19.5 Å². The monoisotopic (exact) mass is 236 g/mol. The number of anilines is 1. The van der Waals surface area contributed by atoms with Crippen LogP contribution >= 0.6 is 0 Å². The van der Waals surface area contributed by atoms with Gasteiger partial charge in [0.1, 0.15) is 0 Å². The second-order valence-corrected chi connectivity index (χ2v) is 4.19. The Balaban J connectivity index is 1.94. The first-order valence-electron chi connectivity index (χ1n) is 6.31. The third kappa shape index (κ3) is 3.85. The highest BCUT2D eigenvalue weighted by atomic mass is 16.5. The first-order valence-corrected chi connectivity index (χ1v) is 6.31. The van der Waals surface area contributed by atoms with Crippen LogP contribution in [-0.2, 0) is 0 Å². The molecule has 1 fully saturated rings. The third-order valence-corrected chi connectivity index (χ3v) is 2.80. The molecule has 5 heteroatoms. The molecule has 17 heavy (non-hydrogen) atoms. The summed E-state index contributed by atoms with van der Waals surface area (Å²) in [7, 11) is 0. The van der Waals surface area contributed by atoms with Gasteiger partial charge in [-0.05, 0) is 26.3 Å². The Hall–Kier alpha value is -1.36. The van der Waals surface area contributed by atoms with Gasteiger partial charge in [-0.15, -0.1) is 0 Å². The molecule has 0 aromatic carbocycles. The summed E-state index contributed by atoms with van der Waals surface area (Å²) in [5.41, 5.74) is 0. The molecule has 1 aromatic rings. The molecule has 2 rings (SSSR count). The molecule has 1 saturated heterocycles. The molecular weight excluding hydrogens is 216 g/mol. The average Bonchev–Trinajstić information content (AvgIpc) is 2.59. The van der Waals surface area contributed by atoms with Crippen molar-refractivity contribution >= 4 is 5.95 Å². The number of nitrogens with one attached hydrogen (secondary N) is 2. The fourth-order valence-electron chi connectivity index (χ4n) is 1.96. The minimum absolute atomic E-state index is 0.411. The van der Waals surface area contributed by atoms with Crippen molar-refractivity contribution in [1.82, 2.24) is 15.3 Å². The second kappa shape index (κ2) is 6.39. The molecule has 1 aliphatic rings. The number of rotatable bonds is 4. The number of aromatic nitrogens is 2. The van der Waals surface area contributed by atoms with Gasteiger partial charge in [0.2, 0.25) is 11.8 Å². The smallest absolute Gasteiger partial charge is 0.226 e. The van der Waals surface area contributed by atoms with Crippen LogP contribution in [0, 0.1) is 0 Å². The Bertz CT molecular complexity index is 337. The minimum atomic E-state index is 0.411. The van der Waals surface area contributed by atoms with Crippen molar-refractivity contribution in [1.29, 1.82) is 0 Å². The van der Waals surface area contributed by atoms with Crippen LogP contribution in [-0.4, -0.2) is 35.7 Å². The molecule has 0 saturated carbocycles. The van der Waals surface area contributed by atoms with Gasteiger partial charge in [0, 0.05) is 24.8 Å². The molecule has 0 aliphatic carbocycles. The van der Waals surface area contributed by atoms with Crippen molar-refractivity contribution in [3.8, 4) is 5.88 Å². The average molecular weight is 236 g/mol. The maximum atomic E-state index is 5.35. The zero-order chi connectivity index (χ0) is 11.9. The highest BCUT2D eigenvalue weighted by molar-refractivity contribution is 5.29. The number of nitrogens with zero attached hydrogens (tertiary/aromatic N) is 2. The Kier molecular flexibility index (Phi) is 4.55. The van der Waals surface area contributed by atoms with Crippen LogP contribution in [0.3, 0.4) is 0 Å². The van der Waals surface area contributed by atoms with Gasteiger partial charge in [-0.2, -0.15) is 4.98 Å². The van der Waals surface area contributed by atoms with Gasteiger partial charge in [0.25, 0.3) is 0 Å². The summed E-state index contributed by atoms with van der Waals surface area (Å²) in [5.74, 6) is 1.29. The fraction of sp³-hybridized carbons (Fsp3) is 0.667. The van der Waals surface area contributed by atoms with Crippen molar-refractivity contribution in [2.45, 2.75) is 32.2 Å². The summed E-state index contributed by atoms with van der Waals surface area (Å²) in [6.45, 7) is 4.66. The lowest BCUT2D eigenvalue weighted by molar-refractivity contribution is 0.326. The van der Waals surface area contributed by atoms with Crippen LogP contribution in [0.4, 0.5) is 5.95 Å². The van der Waals surface area contributed by atoms with Crippen LogP contribution in [0.15, 0.2) is 12.3 Å². The van der Waals surface area contributed by atoms with Gasteiger partial charge >= 0.3 is 0 Å². The first kappa shape index (κ1) is 12.1. The van der Waals surface area contributed by atoms with E-state index in [2.05, 4.69) is 20.6 Å². The van der Waals surface area contributed by atoms with E-state index in [0.29, 0.717) is 24.5 Å². The molecule has 1 unspecified atom stereocenters. The molecule has 1 aliphatic heterocycles. The van der Waals surface area contributed by atoms with Crippen molar-refractivity contribution in [3.63, 3.8) is 0 Å². The number of ether oxygens (including phenoxy) is 1. The molecule has 0 spiro atoms. The van der Waals surface area contributed by atoms with Gasteiger partial charge in [0.15, 0.2) is 0 Å². The summed E-state index contributed by atoms with van der Waals surface area (Å²) < 4.78 is 5.35. The van der Waals surface area contributed by atoms with Crippen molar-refractivity contribution in [2.24, 2.45) is 0 Å². The van der Waals surface area contributed by atoms with Crippen molar-refractivity contribution in [2.75, 3.05) is 25.0 Å². The van der Waals surface area contributed by atoms with Crippen LogP contribution in [0.25, 0.3) is 0 Å². The molecule has 0 bridgehead atoms. The second-order valence-electron chi connectivity index (χ2n) is 4.19. The third-order valence-electron chi connectivity index (χ3n) is 2.80. The largest absolute Gasteiger partial charge is 0.478 e. The zero-order valence-corrected chi connectivity index (χ0v) is 10.3. The van der Waals surface area contributed by atoms with E-state index in [1.54, 1.807) is 12.3 Å². The topological polar surface area (TPSA) is 59.1 Å². The van der Waals surface area contributed by atoms with E-state index < -0.39 is 0 Å². The van der Waals surface area contributed by atoms with Gasteiger partial charge in [0.05, 0.1) is 6.61 Å². The van der Waals surface area contributed by atoms with E-state index in [4.69, 9.17) is 4.74 Å². The molecule has 2 heterocycles. The van der Waals surface area contributed by atoms with Crippen LogP contribution in [0.1, 0.15) is 26.2 Å². The fourth-order valence-corrected chi connectivity index (χ4v) is 1.96. The van der Waals surface area contributed by atoms with Crippen LogP contribution < -0.4 is 15.4 Å². The number of hydrogen-bond acceptors (Lipinski definition) is 5. The quantitative estimate of drug-likeness (QED) is 0.828. The highest BCUT2D eigenvalue weighted by Gasteiger charge is 2.12. The van der Waals surface area contributed by atoms with Gasteiger partial charge < -0.3 is 15.4 Å². The molecule has 2 N–H and O–H groups in total. The Morgan fingerprint density at radius 2 is 2.47 bits per heavy atom. The predicted octanol–water partition coefficient (Wildman–Crippen LogP) is 1.43. The highest BCUT2D eigenvalue weighted by Crippen LogP contribution is 2.12. The lowest BCUT2D eigenvalue weighted by atomic mass is 10.1. The van der Waals surface area contributed by atoms with E-state index in [9.17, 15) is 0 Å². The summed E-state index contributed by atoms with van der Waals surface area (Å²) >= 11 is 0. The van der Waals surface area contributed by atoms with E-state index >= 15 is 0 Å². The Morgan fingerprint density at radius 3 is 3.35 bits per heavy atom. The maximum Gasteiger partial charge on any atom is 0.226 e. The summed E-state index contributed by atoms with van der Waals surface area (Å²) in [5, 5.41) is 6.76. The van der Waals surface area contributed by atoms with Crippen molar-refractivity contribution < 1.29 is 4.74 Å². The summed E-state index contributed by atoms with van der Waals surface area (Å²) in [6.07, 6.45) is 5.38. The van der Waals surface area contributed by atoms with E-state index in [-0.39, 0.29) is 0 Å². The molecule has 0 radical (unpaired) electrons. The molecule has 5 nitrogen and oxygen atoms in total. The van der Waals surface area contributed by atoms with Gasteiger partial charge in [-0.25, -0.2) is 4.98 Å². The molecule has 1 aromatic heterocycles. The lowest BCUT2D eigenvalue weighted by Gasteiger charge is -2.16. The normalized spacial score (nSPS) is 20.6. The van der Waals surface area contributed by atoms with Crippen LogP contribution in [0.2, 0.25) is 0 Å². The molecule has 94 valence electrons. The van der Waals surface area contributed by atoms with Gasteiger partial charge in [-0.1, -0.05) is 6.42 Å². The van der Waals surface area contributed by atoms with E-state index in [1.165, 1.54) is 12.8 Å². The molecule has 0 amide bonds. The number of hydrogen-bond donors (Lipinski definition) is 2. The zero-order valence-electron chi connectivity index (χ0n) is 10.3. The SMILES string of the molecule is CCOc1ccnc(NC2CCCCNC2)n1. The summed E-state index contributed by atoms with van der Waals surface area (Å²) in [4.78, 5) is 8.53. The van der Waals surface area contributed by atoms with E-state index in [1.807, 2.05) is 6.92 Å². The molecular formula is C12H20N4O. The minimum Gasteiger partial charge on any atom is -0.478 e. The van der Waals surface area contributed by atoms with Crippen molar-refractivity contribution in [3.05, 3.63) is 12.3 Å². The van der Waals surface area contributed by atoms with Gasteiger partial charge in [-0.3, -0.25) is 0 Å². The van der Waals surface area contributed by atoms with Crippen LogP contribution in [0.5, 0.6) is 5.88 Å². The maximum absolute atomic E-state index is 5.35. The predicted molar refractivity (Wildman–Crippen MR) is 67.3 cm³/mol. The Labute approximate surface area is 102 Å². The summed E-state index contributed by atoms with van der Waals surface area (Å²) in [6, 6.07) is 2.19.